The Balaban J connectivity index is 1.29. The van der Waals surface area contributed by atoms with E-state index in [0.717, 1.165) is 47.4 Å². The molecule has 1 aromatic carbocycles. The van der Waals surface area contributed by atoms with Crippen molar-refractivity contribution in [1.82, 2.24) is 14.9 Å². The molecule has 7 nitrogen and oxygen atoms in total. The van der Waals surface area contributed by atoms with Crippen LogP contribution < -0.4 is 15.5 Å². The highest BCUT2D eigenvalue weighted by atomic mass is 32.1. The molecule has 0 bridgehead atoms. The molecule has 10 heteroatoms. The summed E-state index contributed by atoms with van der Waals surface area (Å²) >= 11 is 8.57. The summed E-state index contributed by atoms with van der Waals surface area (Å²) < 4.78 is 0. The number of nitrogens with one attached hydrogen (secondary N) is 2. The van der Waals surface area contributed by atoms with Gasteiger partial charge in [0.25, 0.3) is 5.91 Å². The molecule has 3 aromatic rings. The van der Waals surface area contributed by atoms with Crippen molar-refractivity contribution in [2.45, 2.75) is 18.8 Å². The Morgan fingerprint density at radius 2 is 1.90 bits per heavy atom. The van der Waals surface area contributed by atoms with Gasteiger partial charge < -0.3 is 15.1 Å². The van der Waals surface area contributed by atoms with Gasteiger partial charge in [0.15, 0.2) is 10.2 Å². The Hall–Kier alpha value is -2.56. The van der Waals surface area contributed by atoms with E-state index in [1.165, 1.54) is 11.3 Å². The van der Waals surface area contributed by atoms with Gasteiger partial charge in [-0.3, -0.25) is 10.1 Å². The number of benzene rings is 1. The number of thiocarbonyl (C=S) groups is 1. The van der Waals surface area contributed by atoms with Crippen LogP contribution in [0, 0.1) is 0 Å². The molecule has 0 unspecified atom stereocenters. The molecular formula is C21H24N6OS3. The zero-order chi connectivity index (χ0) is 21.8. The number of nitrogens with zero attached hydrogens (tertiary/aromatic N) is 4. The lowest BCUT2D eigenvalue weighted by molar-refractivity contribution is 0.102. The number of carbonyl (C=O) groups excluding carboxylic acids is 1. The lowest BCUT2D eigenvalue weighted by Gasteiger charge is -2.33. The van der Waals surface area contributed by atoms with Crippen LogP contribution in [0.5, 0.6) is 0 Å². The maximum absolute atomic E-state index is 12.3. The molecule has 0 atom stereocenters. The first kappa shape index (κ1) is 21.7. The summed E-state index contributed by atoms with van der Waals surface area (Å²) in [7, 11) is 4.05. The molecule has 0 radical (unpaired) electrons. The topological polar surface area (TPSA) is 73.4 Å². The van der Waals surface area contributed by atoms with Gasteiger partial charge in [-0.1, -0.05) is 0 Å². The third-order valence-corrected chi connectivity index (χ3v) is 7.23. The Kier molecular flexibility index (Phi) is 6.79. The fourth-order valence-electron chi connectivity index (χ4n) is 3.40. The number of rotatable bonds is 5. The molecular weight excluding hydrogens is 448 g/mol. The predicted molar refractivity (Wildman–Crippen MR) is 133 cm³/mol. The van der Waals surface area contributed by atoms with E-state index in [-0.39, 0.29) is 5.91 Å². The highest BCUT2D eigenvalue weighted by Gasteiger charge is 2.25. The van der Waals surface area contributed by atoms with Gasteiger partial charge in [0.1, 0.15) is 5.69 Å². The van der Waals surface area contributed by atoms with Crippen molar-refractivity contribution < 1.29 is 4.79 Å². The summed E-state index contributed by atoms with van der Waals surface area (Å²) in [6.45, 7) is 1.74. The van der Waals surface area contributed by atoms with Crippen LogP contribution in [-0.2, 0) is 0 Å². The van der Waals surface area contributed by atoms with Crippen LogP contribution in [0.15, 0.2) is 41.2 Å². The van der Waals surface area contributed by atoms with Crippen LogP contribution in [0.4, 0.5) is 16.5 Å². The maximum Gasteiger partial charge on any atom is 0.276 e. The monoisotopic (exact) mass is 472 g/mol. The van der Waals surface area contributed by atoms with Crippen molar-refractivity contribution in [1.29, 1.82) is 0 Å². The molecule has 2 aromatic heterocycles. The number of aromatic nitrogens is 2. The summed E-state index contributed by atoms with van der Waals surface area (Å²) in [5.74, 6) is 0.144. The molecule has 1 amide bonds. The van der Waals surface area contributed by atoms with Gasteiger partial charge in [-0.15, -0.1) is 22.7 Å². The quantitative estimate of drug-likeness (QED) is 0.530. The summed E-state index contributed by atoms with van der Waals surface area (Å²) in [6, 6.07) is 8.23. The summed E-state index contributed by atoms with van der Waals surface area (Å²) in [6.07, 6.45) is 3.59. The molecule has 1 saturated heterocycles. The third-order valence-electron chi connectivity index (χ3n) is 5.17. The summed E-state index contributed by atoms with van der Waals surface area (Å²) in [4.78, 5) is 25.3. The largest absolute Gasteiger partial charge is 0.378 e. The van der Waals surface area contributed by atoms with E-state index in [4.69, 9.17) is 12.2 Å². The van der Waals surface area contributed by atoms with Gasteiger partial charge in [-0.2, -0.15) is 0 Å². The smallest absolute Gasteiger partial charge is 0.276 e. The van der Waals surface area contributed by atoms with E-state index in [9.17, 15) is 4.79 Å². The Morgan fingerprint density at radius 1 is 1.16 bits per heavy atom. The number of thiazole rings is 2. The number of hydrogen-bond donors (Lipinski definition) is 2. The number of carbonyl (C=O) groups is 1. The lowest BCUT2D eigenvalue weighted by atomic mass is 9.98. The molecule has 3 heterocycles. The van der Waals surface area contributed by atoms with Crippen molar-refractivity contribution in [3.8, 4) is 0 Å². The van der Waals surface area contributed by atoms with Crippen LogP contribution in [-0.4, -0.2) is 53.1 Å². The number of anilines is 3. The minimum Gasteiger partial charge on any atom is -0.378 e. The average Bonchev–Trinajstić information content (AvgIpc) is 3.46. The van der Waals surface area contributed by atoms with E-state index in [1.54, 1.807) is 17.5 Å². The maximum atomic E-state index is 12.3. The first-order valence-electron chi connectivity index (χ1n) is 9.99. The number of piperidine rings is 1. The Labute approximate surface area is 195 Å². The highest BCUT2D eigenvalue weighted by Crippen LogP contribution is 2.31. The SMILES string of the molecule is CN(C)c1ccc(NC(=S)N2CCC(c3nc(C(=O)Nc4nccs4)cs3)CC2)cc1. The fraction of sp³-hybridized carbons (Fsp3) is 0.333. The Morgan fingerprint density at radius 3 is 2.55 bits per heavy atom. The van der Waals surface area contributed by atoms with E-state index in [2.05, 4.69) is 42.5 Å². The molecule has 0 aliphatic carbocycles. The minimum atomic E-state index is -0.208. The first-order valence-corrected chi connectivity index (χ1v) is 12.2. The number of amides is 1. The number of hydrogen-bond acceptors (Lipinski definition) is 7. The second kappa shape index (κ2) is 9.71. The molecule has 0 saturated carbocycles. The molecule has 1 aliphatic rings. The van der Waals surface area contributed by atoms with Crippen molar-refractivity contribution in [2.24, 2.45) is 0 Å². The van der Waals surface area contributed by atoms with Crippen molar-refractivity contribution >= 4 is 62.4 Å². The molecule has 162 valence electrons. The molecule has 4 rings (SSSR count). The number of likely N-dealkylation sites (tertiary alicyclic amines) is 1. The van der Waals surface area contributed by atoms with Gasteiger partial charge >= 0.3 is 0 Å². The molecule has 1 aliphatic heterocycles. The zero-order valence-corrected chi connectivity index (χ0v) is 19.8. The normalized spacial score (nSPS) is 14.3. The van der Waals surface area contributed by atoms with Crippen molar-refractivity contribution in [3.05, 3.63) is 51.9 Å². The van der Waals surface area contributed by atoms with Crippen LogP contribution in [0.3, 0.4) is 0 Å². The lowest BCUT2D eigenvalue weighted by Crippen LogP contribution is -2.40. The van der Waals surface area contributed by atoms with E-state index in [0.29, 0.717) is 16.7 Å². The molecule has 31 heavy (non-hydrogen) atoms. The van der Waals surface area contributed by atoms with Crippen LogP contribution in [0.2, 0.25) is 0 Å². The average molecular weight is 473 g/mol. The van der Waals surface area contributed by atoms with Crippen LogP contribution in [0.1, 0.15) is 34.3 Å². The third kappa shape index (κ3) is 5.38. The molecule has 0 spiro atoms. The second-order valence-electron chi connectivity index (χ2n) is 7.50. The minimum absolute atomic E-state index is 0.208. The standard InChI is InChI=1S/C21H24N6OS3/c1-26(2)16-5-3-15(4-6-16)23-21(29)27-10-7-14(8-11-27)19-24-17(13-31-19)18(28)25-20-22-9-12-30-20/h3-6,9,12-14H,7-8,10-11H2,1-2H3,(H,23,29)(H,22,25,28). The van der Waals surface area contributed by atoms with Gasteiger partial charge in [0, 0.05) is 61.4 Å². The van der Waals surface area contributed by atoms with Crippen LogP contribution in [0.25, 0.3) is 0 Å². The van der Waals surface area contributed by atoms with Crippen LogP contribution >= 0.6 is 34.9 Å². The zero-order valence-electron chi connectivity index (χ0n) is 17.4. The predicted octanol–water partition coefficient (Wildman–Crippen LogP) is 4.49. The van der Waals surface area contributed by atoms with Gasteiger partial charge in [-0.05, 0) is 49.3 Å². The second-order valence-corrected chi connectivity index (χ2v) is 9.67. The van der Waals surface area contributed by atoms with Crippen molar-refractivity contribution in [3.63, 3.8) is 0 Å². The fourth-order valence-corrected chi connectivity index (χ4v) is 5.20. The van der Waals surface area contributed by atoms with E-state index >= 15 is 0 Å². The molecule has 2 N–H and O–H groups in total. The summed E-state index contributed by atoms with van der Waals surface area (Å²) in [5.41, 5.74) is 2.60. The highest BCUT2D eigenvalue weighted by molar-refractivity contribution is 7.80. The van der Waals surface area contributed by atoms with E-state index < -0.39 is 0 Å². The first-order chi connectivity index (χ1) is 15.0. The molecule has 1 fully saturated rings. The van der Waals surface area contributed by atoms with E-state index in [1.807, 2.05) is 37.0 Å². The van der Waals surface area contributed by atoms with Gasteiger partial charge in [0.2, 0.25) is 0 Å². The Bertz CT molecular complexity index is 1020. The van der Waals surface area contributed by atoms with Gasteiger partial charge in [0.05, 0.1) is 5.01 Å². The van der Waals surface area contributed by atoms with Crippen molar-refractivity contribution in [2.75, 3.05) is 42.7 Å². The summed E-state index contributed by atoms with van der Waals surface area (Å²) in [5, 5.41) is 12.1. The van der Waals surface area contributed by atoms with Gasteiger partial charge in [-0.25, -0.2) is 9.97 Å².